The molecule has 1 aliphatic carbocycles. The molecule has 170 valence electrons. The summed E-state index contributed by atoms with van der Waals surface area (Å²) in [4.78, 5) is 15.9. The van der Waals surface area contributed by atoms with Gasteiger partial charge in [0.1, 0.15) is 5.82 Å². The molecular formula is C23H31N7O2. The Hall–Kier alpha value is -3.49. The second-order valence-electron chi connectivity index (χ2n) is 9.57. The van der Waals surface area contributed by atoms with Crippen molar-refractivity contribution in [3.05, 3.63) is 42.7 Å². The maximum Gasteiger partial charge on any atom is 0.405 e. The third-order valence-corrected chi connectivity index (χ3v) is 6.52. The third kappa shape index (κ3) is 4.42. The van der Waals surface area contributed by atoms with Gasteiger partial charge in [-0.2, -0.15) is 0 Å². The van der Waals surface area contributed by atoms with E-state index in [1.165, 1.54) is 0 Å². The van der Waals surface area contributed by atoms with E-state index in [1.807, 2.05) is 36.5 Å². The molecule has 9 nitrogen and oxygen atoms in total. The van der Waals surface area contributed by atoms with E-state index in [0.29, 0.717) is 5.69 Å². The molecule has 0 radical (unpaired) electrons. The van der Waals surface area contributed by atoms with Gasteiger partial charge in [-0.1, -0.05) is 20.8 Å². The zero-order valence-electron chi connectivity index (χ0n) is 18.7. The van der Waals surface area contributed by atoms with E-state index in [1.54, 1.807) is 10.7 Å². The number of benzene rings is 1. The second-order valence-corrected chi connectivity index (χ2v) is 9.57. The van der Waals surface area contributed by atoms with Gasteiger partial charge in [0.2, 0.25) is 0 Å². The first-order valence-corrected chi connectivity index (χ1v) is 10.9. The number of aromatic nitrogens is 3. The maximum atomic E-state index is 11.4. The highest BCUT2D eigenvalue weighted by molar-refractivity contribution is 5.76. The molecule has 1 fully saturated rings. The van der Waals surface area contributed by atoms with E-state index in [-0.39, 0.29) is 11.5 Å². The summed E-state index contributed by atoms with van der Waals surface area (Å²) in [5, 5.41) is 23.8. The van der Waals surface area contributed by atoms with Crippen molar-refractivity contribution in [2.24, 2.45) is 5.41 Å². The van der Waals surface area contributed by atoms with Crippen LogP contribution in [0.25, 0.3) is 5.65 Å². The summed E-state index contributed by atoms with van der Waals surface area (Å²) in [5.41, 5.74) is 8.38. The molecule has 6 N–H and O–H groups in total. The summed E-state index contributed by atoms with van der Waals surface area (Å²) < 4.78 is 1.75. The van der Waals surface area contributed by atoms with Crippen molar-refractivity contribution >= 4 is 34.6 Å². The largest absolute Gasteiger partial charge is 0.465 e. The lowest BCUT2D eigenvalue weighted by Gasteiger charge is -2.49. The van der Waals surface area contributed by atoms with Gasteiger partial charge in [0.15, 0.2) is 5.65 Å². The summed E-state index contributed by atoms with van der Waals surface area (Å²) in [6.07, 6.45) is 5.81. The average molecular weight is 438 g/mol. The highest BCUT2D eigenvalue weighted by Gasteiger charge is 2.45. The number of nitrogen functional groups attached to an aromatic ring is 1. The van der Waals surface area contributed by atoms with Crippen molar-refractivity contribution in [1.82, 2.24) is 19.9 Å². The lowest BCUT2D eigenvalue weighted by atomic mass is 9.64. The van der Waals surface area contributed by atoms with Crippen LogP contribution in [0.5, 0.6) is 0 Å². The molecule has 32 heavy (non-hydrogen) atoms. The molecule has 0 unspecified atom stereocenters. The topological polar surface area (TPSA) is 130 Å². The van der Waals surface area contributed by atoms with Crippen LogP contribution in [0.4, 0.5) is 27.7 Å². The molecule has 2 aromatic heterocycles. The SMILES string of the molecule is CC(C)(C)C1(NC(=O)O)CCC(Nc2cc(Nc3ccc(N)cc3)c3nccn3n2)CC1. The van der Waals surface area contributed by atoms with Gasteiger partial charge < -0.3 is 26.8 Å². The highest BCUT2D eigenvalue weighted by atomic mass is 16.4. The first kappa shape index (κ1) is 21.7. The summed E-state index contributed by atoms with van der Waals surface area (Å²) in [5.74, 6) is 0.743. The smallest absolute Gasteiger partial charge is 0.405 e. The molecule has 1 aliphatic rings. The Morgan fingerprint density at radius 1 is 1.22 bits per heavy atom. The Labute approximate surface area is 187 Å². The van der Waals surface area contributed by atoms with E-state index >= 15 is 0 Å². The Morgan fingerprint density at radius 2 is 1.91 bits per heavy atom. The predicted octanol–water partition coefficient (Wildman–Crippen LogP) is 4.46. The summed E-state index contributed by atoms with van der Waals surface area (Å²) in [6, 6.07) is 9.70. The Balaban J connectivity index is 1.51. The van der Waals surface area contributed by atoms with Gasteiger partial charge >= 0.3 is 6.09 Å². The molecule has 0 aliphatic heterocycles. The minimum Gasteiger partial charge on any atom is -0.465 e. The second kappa shape index (κ2) is 8.22. The number of rotatable bonds is 5. The zero-order valence-corrected chi connectivity index (χ0v) is 18.7. The van der Waals surface area contributed by atoms with Crippen molar-refractivity contribution in [3.8, 4) is 0 Å². The van der Waals surface area contributed by atoms with Crippen LogP contribution in [0.1, 0.15) is 46.5 Å². The zero-order chi connectivity index (χ0) is 22.9. The Kier molecular flexibility index (Phi) is 5.58. The van der Waals surface area contributed by atoms with Gasteiger partial charge in [-0.05, 0) is 55.4 Å². The van der Waals surface area contributed by atoms with Gasteiger partial charge in [-0.3, -0.25) is 0 Å². The number of anilines is 4. The van der Waals surface area contributed by atoms with Gasteiger partial charge in [-0.25, -0.2) is 14.3 Å². The van der Waals surface area contributed by atoms with Gasteiger partial charge in [0, 0.05) is 41.4 Å². The monoisotopic (exact) mass is 437 g/mol. The molecule has 0 atom stereocenters. The normalized spacial score (nSPS) is 21.3. The molecule has 1 saturated carbocycles. The molecule has 0 spiro atoms. The first-order valence-electron chi connectivity index (χ1n) is 10.9. The van der Waals surface area contributed by atoms with E-state index < -0.39 is 11.6 Å². The van der Waals surface area contributed by atoms with E-state index in [4.69, 9.17) is 5.73 Å². The number of amides is 1. The Bertz CT molecular complexity index is 1090. The number of nitrogens with two attached hydrogens (primary N) is 1. The predicted molar refractivity (Wildman–Crippen MR) is 126 cm³/mol. The van der Waals surface area contributed by atoms with E-state index in [0.717, 1.165) is 48.5 Å². The Morgan fingerprint density at radius 3 is 2.53 bits per heavy atom. The molecular weight excluding hydrogens is 406 g/mol. The molecule has 0 saturated heterocycles. The van der Waals surface area contributed by atoms with Crippen LogP contribution in [0.3, 0.4) is 0 Å². The van der Waals surface area contributed by atoms with Crippen LogP contribution in [0, 0.1) is 5.41 Å². The molecule has 1 amide bonds. The number of nitrogens with zero attached hydrogens (tertiary/aromatic N) is 3. The summed E-state index contributed by atoms with van der Waals surface area (Å²) in [6.45, 7) is 6.29. The van der Waals surface area contributed by atoms with Gasteiger partial charge in [0.05, 0.1) is 5.69 Å². The van der Waals surface area contributed by atoms with Crippen molar-refractivity contribution in [2.45, 2.75) is 58.0 Å². The number of nitrogens with one attached hydrogen (secondary N) is 3. The molecule has 9 heteroatoms. The number of hydrogen-bond acceptors (Lipinski definition) is 6. The molecule has 0 bridgehead atoms. The number of imidazole rings is 1. The number of carbonyl (C=O) groups is 1. The average Bonchev–Trinajstić information content (AvgIpc) is 3.19. The van der Waals surface area contributed by atoms with Crippen molar-refractivity contribution < 1.29 is 9.90 Å². The van der Waals surface area contributed by atoms with Crippen LogP contribution < -0.4 is 21.7 Å². The molecule has 2 heterocycles. The fourth-order valence-electron chi connectivity index (χ4n) is 4.53. The summed E-state index contributed by atoms with van der Waals surface area (Å²) in [7, 11) is 0. The third-order valence-electron chi connectivity index (χ3n) is 6.52. The van der Waals surface area contributed by atoms with Gasteiger partial charge in [-0.15, -0.1) is 5.10 Å². The fourth-order valence-corrected chi connectivity index (χ4v) is 4.53. The van der Waals surface area contributed by atoms with Crippen molar-refractivity contribution in [2.75, 3.05) is 16.4 Å². The maximum absolute atomic E-state index is 11.4. The van der Waals surface area contributed by atoms with E-state index in [9.17, 15) is 9.90 Å². The minimum atomic E-state index is -0.961. The van der Waals surface area contributed by atoms with Gasteiger partial charge in [0.25, 0.3) is 0 Å². The number of hydrogen-bond donors (Lipinski definition) is 5. The van der Waals surface area contributed by atoms with Crippen LogP contribution >= 0.6 is 0 Å². The molecule has 3 aromatic rings. The van der Waals surface area contributed by atoms with E-state index in [2.05, 4.69) is 46.8 Å². The highest BCUT2D eigenvalue weighted by Crippen LogP contribution is 2.42. The fraction of sp³-hybridized carbons (Fsp3) is 0.435. The first-order chi connectivity index (χ1) is 15.1. The molecule has 4 rings (SSSR count). The lowest BCUT2D eigenvalue weighted by Crippen LogP contribution is -2.59. The minimum absolute atomic E-state index is 0.166. The van der Waals surface area contributed by atoms with Crippen molar-refractivity contribution in [1.29, 1.82) is 0 Å². The standard InChI is InChI=1S/C23H31N7O2/c1-22(2,3)23(28-21(31)32)10-8-17(9-11-23)27-19-14-18(20-25-12-13-30(20)29-19)26-16-6-4-15(24)5-7-16/h4-7,12-14,17,26,28H,8-11,24H2,1-3H3,(H,27,29)(H,31,32). The quantitative estimate of drug-likeness (QED) is 0.373. The lowest BCUT2D eigenvalue weighted by molar-refractivity contribution is 0.0804. The van der Waals surface area contributed by atoms with Crippen LogP contribution in [-0.4, -0.2) is 37.4 Å². The van der Waals surface area contributed by atoms with Crippen LogP contribution in [-0.2, 0) is 0 Å². The van der Waals surface area contributed by atoms with Crippen LogP contribution in [0.2, 0.25) is 0 Å². The van der Waals surface area contributed by atoms with Crippen LogP contribution in [0.15, 0.2) is 42.7 Å². The number of carboxylic acid groups (broad SMARTS) is 1. The number of fused-ring (bicyclic) bond motifs is 1. The summed E-state index contributed by atoms with van der Waals surface area (Å²) >= 11 is 0. The molecule has 1 aromatic carbocycles. The van der Waals surface area contributed by atoms with Crippen molar-refractivity contribution in [3.63, 3.8) is 0 Å².